The zero-order valence-corrected chi connectivity index (χ0v) is 17.2. The van der Waals surface area contributed by atoms with E-state index in [9.17, 15) is 9.59 Å². The molecule has 1 fully saturated rings. The average molecular weight is 435 g/mol. The van der Waals surface area contributed by atoms with Gasteiger partial charge in [0, 0.05) is 36.5 Å². The van der Waals surface area contributed by atoms with Crippen LogP contribution in [0.2, 0.25) is 0 Å². The van der Waals surface area contributed by atoms with Gasteiger partial charge in [0.1, 0.15) is 22.0 Å². The number of nitrogens with one attached hydrogen (secondary N) is 1. The molecule has 0 spiro atoms. The predicted molar refractivity (Wildman–Crippen MR) is 118 cm³/mol. The van der Waals surface area contributed by atoms with Crippen LogP contribution in [0.4, 0.5) is 0 Å². The van der Waals surface area contributed by atoms with Crippen LogP contribution >= 0.6 is 24.0 Å². The number of aryl methyl sites for hydroxylation is 1. The summed E-state index contributed by atoms with van der Waals surface area (Å²) in [5.41, 5.74) is 2.84. The van der Waals surface area contributed by atoms with Crippen LogP contribution in [0, 0.1) is 0 Å². The summed E-state index contributed by atoms with van der Waals surface area (Å²) in [6, 6.07) is 9.29. The second-order valence-electron chi connectivity index (χ2n) is 6.56. The van der Waals surface area contributed by atoms with E-state index >= 15 is 0 Å². The maximum absolute atomic E-state index is 12.1. The molecule has 0 aliphatic carbocycles. The van der Waals surface area contributed by atoms with Gasteiger partial charge < -0.3 is 9.73 Å². The molecule has 4 heterocycles. The number of benzene rings is 1. The number of thioether (sulfide) groups is 1. The van der Waals surface area contributed by atoms with Crippen molar-refractivity contribution in [2.24, 2.45) is 7.05 Å². The van der Waals surface area contributed by atoms with E-state index in [2.05, 4.69) is 15.4 Å². The van der Waals surface area contributed by atoms with Crippen LogP contribution in [-0.4, -0.2) is 29.6 Å². The third-order valence-electron chi connectivity index (χ3n) is 4.64. The third kappa shape index (κ3) is 3.15. The van der Waals surface area contributed by atoms with E-state index in [4.69, 9.17) is 16.6 Å². The lowest BCUT2D eigenvalue weighted by Gasteiger charge is -2.05. The Morgan fingerprint density at radius 1 is 1.20 bits per heavy atom. The summed E-state index contributed by atoms with van der Waals surface area (Å²) in [6.45, 7) is 0. The van der Waals surface area contributed by atoms with Crippen molar-refractivity contribution >= 4 is 51.3 Å². The highest BCUT2D eigenvalue weighted by Crippen LogP contribution is 2.33. The fourth-order valence-electron chi connectivity index (χ4n) is 3.17. The van der Waals surface area contributed by atoms with Crippen LogP contribution in [0.5, 0.6) is 0 Å². The smallest absolute Gasteiger partial charge is 0.350 e. The monoisotopic (exact) mass is 435 g/mol. The minimum absolute atomic E-state index is 0.219. The van der Waals surface area contributed by atoms with Gasteiger partial charge in [0.15, 0.2) is 0 Å². The topological polar surface area (TPSA) is 95.0 Å². The van der Waals surface area contributed by atoms with Gasteiger partial charge in [-0.25, -0.2) is 14.0 Å². The Morgan fingerprint density at radius 2 is 2.00 bits per heavy atom. The number of rotatable bonds is 3. The molecule has 0 unspecified atom stereocenters. The lowest BCUT2D eigenvalue weighted by atomic mass is 10.1. The van der Waals surface area contributed by atoms with Crippen LogP contribution < -0.4 is 11.0 Å². The van der Waals surface area contributed by atoms with Crippen LogP contribution in [0.1, 0.15) is 5.76 Å². The standard InChI is InChI=1S/C20H13N5O3S2/c1-24-20(27)25(10-22-24)13-4-2-11(3-5-13)15-9-21-8-12-6-14(28-17(12)15)7-16-18(26)23-19(29)30-16/h2-10H,1H3,(H,23,26,29)/b16-7-. The lowest BCUT2D eigenvalue weighted by molar-refractivity contribution is -0.115. The maximum atomic E-state index is 12.1. The summed E-state index contributed by atoms with van der Waals surface area (Å²) < 4.78 is 9.18. The summed E-state index contributed by atoms with van der Waals surface area (Å²) in [6.07, 6.45) is 6.58. The van der Waals surface area contributed by atoms with Gasteiger partial charge in [-0.15, -0.1) is 0 Å². The molecule has 0 bridgehead atoms. The number of fused-ring (bicyclic) bond motifs is 1. The first-order valence-corrected chi connectivity index (χ1v) is 10.1. The van der Waals surface area contributed by atoms with Crippen molar-refractivity contribution in [3.05, 3.63) is 70.2 Å². The molecule has 1 aromatic carbocycles. The van der Waals surface area contributed by atoms with Crippen molar-refractivity contribution < 1.29 is 9.21 Å². The number of aromatic nitrogens is 4. The Labute approximate surface area is 179 Å². The van der Waals surface area contributed by atoms with Gasteiger partial charge in [-0.05, 0) is 23.8 Å². The molecule has 10 heteroatoms. The Hall–Kier alpha value is -3.50. The zero-order chi connectivity index (χ0) is 20.8. The number of nitrogens with zero attached hydrogens (tertiary/aromatic N) is 4. The quantitative estimate of drug-likeness (QED) is 0.391. The van der Waals surface area contributed by atoms with Crippen molar-refractivity contribution in [2.75, 3.05) is 0 Å². The molecule has 1 amide bonds. The molecular weight excluding hydrogens is 422 g/mol. The fraction of sp³-hybridized carbons (Fsp3) is 0.0500. The van der Waals surface area contributed by atoms with Gasteiger partial charge in [-0.3, -0.25) is 9.78 Å². The van der Waals surface area contributed by atoms with Gasteiger partial charge in [-0.1, -0.05) is 36.1 Å². The normalized spacial score (nSPS) is 15.3. The lowest BCUT2D eigenvalue weighted by Crippen LogP contribution is -2.21. The van der Waals surface area contributed by atoms with Gasteiger partial charge in [-0.2, -0.15) is 5.10 Å². The van der Waals surface area contributed by atoms with Crippen LogP contribution in [0.3, 0.4) is 0 Å². The predicted octanol–water partition coefficient (Wildman–Crippen LogP) is 2.87. The van der Waals surface area contributed by atoms with Crippen LogP contribution in [-0.2, 0) is 11.8 Å². The van der Waals surface area contributed by atoms with E-state index in [-0.39, 0.29) is 11.6 Å². The summed E-state index contributed by atoms with van der Waals surface area (Å²) >= 11 is 6.22. The molecule has 8 nitrogen and oxygen atoms in total. The fourth-order valence-corrected chi connectivity index (χ4v) is 4.20. The van der Waals surface area contributed by atoms with E-state index in [1.165, 1.54) is 27.3 Å². The van der Waals surface area contributed by atoms with Gasteiger partial charge >= 0.3 is 5.69 Å². The first kappa shape index (κ1) is 18.5. The van der Waals surface area contributed by atoms with E-state index in [1.807, 2.05) is 30.3 Å². The number of hydrogen-bond donors (Lipinski definition) is 1. The first-order valence-electron chi connectivity index (χ1n) is 8.83. The molecule has 4 aromatic rings. The SMILES string of the molecule is Cn1ncn(-c2ccc(-c3cncc4cc(/C=C5\SC(=S)NC5=O)oc34)cc2)c1=O. The van der Waals surface area contributed by atoms with Crippen molar-refractivity contribution in [1.29, 1.82) is 0 Å². The van der Waals surface area contributed by atoms with Crippen molar-refractivity contribution in [2.45, 2.75) is 0 Å². The van der Waals surface area contributed by atoms with E-state index in [0.29, 0.717) is 26.3 Å². The van der Waals surface area contributed by atoms with Crippen molar-refractivity contribution in [3.8, 4) is 16.8 Å². The number of carbonyl (C=O) groups is 1. The van der Waals surface area contributed by atoms with Crippen molar-refractivity contribution in [1.82, 2.24) is 24.6 Å². The molecule has 3 aromatic heterocycles. The number of furan rings is 1. The van der Waals surface area contributed by atoms with Gasteiger partial charge in [0.2, 0.25) is 0 Å². The van der Waals surface area contributed by atoms with E-state index in [0.717, 1.165) is 16.5 Å². The first-order chi connectivity index (χ1) is 14.5. The number of hydrogen-bond acceptors (Lipinski definition) is 7. The molecule has 0 atom stereocenters. The minimum atomic E-state index is -0.231. The molecule has 0 saturated carbocycles. The van der Waals surface area contributed by atoms with Crippen molar-refractivity contribution in [3.63, 3.8) is 0 Å². The molecule has 148 valence electrons. The summed E-state index contributed by atoms with van der Waals surface area (Å²) in [5.74, 6) is 0.310. The zero-order valence-electron chi connectivity index (χ0n) is 15.5. The molecule has 1 aliphatic rings. The number of amides is 1. The minimum Gasteiger partial charge on any atom is -0.456 e. The highest BCUT2D eigenvalue weighted by atomic mass is 32.2. The Kier molecular flexibility index (Phi) is 4.37. The molecular formula is C20H13N5O3S2. The molecule has 1 N–H and O–H groups in total. The Bertz CT molecular complexity index is 1410. The van der Waals surface area contributed by atoms with E-state index < -0.39 is 0 Å². The second kappa shape index (κ2) is 7.08. The number of thiocarbonyl (C=S) groups is 1. The summed E-state index contributed by atoms with van der Waals surface area (Å²) in [5, 5.41) is 7.37. The summed E-state index contributed by atoms with van der Waals surface area (Å²) in [7, 11) is 1.60. The van der Waals surface area contributed by atoms with E-state index in [1.54, 1.807) is 25.5 Å². The molecule has 1 saturated heterocycles. The Morgan fingerprint density at radius 3 is 2.67 bits per heavy atom. The average Bonchev–Trinajstić information content (AvgIpc) is 3.39. The molecule has 5 rings (SSSR count). The molecule has 1 aliphatic heterocycles. The largest absolute Gasteiger partial charge is 0.456 e. The Balaban J connectivity index is 1.53. The summed E-state index contributed by atoms with van der Waals surface area (Å²) in [4.78, 5) is 28.8. The second-order valence-corrected chi connectivity index (χ2v) is 8.28. The maximum Gasteiger partial charge on any atom is 0.350 e. The van der Waals surface area contributed by atoms with Crippen LogP contribution in [0.25, 0.3) is 33.9 Å². The molecule has 0 radical (unpaired) electrons. The van der Waals surface area contributed by atoms with Gasteiger partial charge in [0.25, 0.3) is 5.91 Å². The highest BCUT2D eigenvalue weighted by molar-refractivity contribution is 8.26. The number of carbonyl (C=O) groups excluding carboxylic acids is 1. The van der Waals surface area contributed by atoms with Crippen LogP contribution in [0.15, 0.2) is 63.2 Å². The molecule has 30 heavy (non-hydrogen) atoms. The third-order valence-corrected chi connectivity index (χ3v) is 5.80. The highest BCUT2D eigenvalue weighted by Gasteiger charge is 2.23. The van der Waals surface area contributed by atoms with Gasteiger partial charge in [0.05, 0.1) is 10.6 Å². The number of pyridine rings is 1.